The molecule has 0 fully saturated rings. The van der Waals surface area contributed by atoms with Crippen LogP contribution in [0.3, 0.4) is 0 Å². The van der Waals surface area contributed by atoms with Gasteiger partial charge in [-0.1, -0.05) is 19.0 Å². The molecule has 0 saturated carbocycles. The molecule has 1 aliphatic carbocycles. The van der Waals surface area contributed by atoms with Crippen LogP contribution in [0.15, 0.2) is 4.52 Å². The largest absolute Gasteiger partial charge is 0.361 e. The van der Waals surface area contributed by atoms with Crippen LogP contribution in [0.4, 0.5) is 0 Å². The number of aromatic nitrogens is 1. The van der Waals surface area contributed by atoms with Crippen molar-refractivity contribution in [2.75, 3.05) is 0 Å². The van der Waals surface area contributed by atoms with Crippen LogP contribution >= 0.6 is 0 Å². The molecule has 1 aromatic rings. The normalized spacial score (nSPS) is 24.8. The van der Waals surface area contributed by atoms with E-state index in [4.69, 9.17) is 4.52 Å². The Morgan fingerprint density at radius 2 is 1.88 bits per heavy atom. The first-order valence-corrected chi connectivity index (χ1v) is 6.62. The van der Waals surface area contributed by atoms with Gasteiger partial charge in [-0.3, -0.25) is 0 Å². The molecule has 1 heterocycles. The average molecular weight is 236 g/mol. The molecule has 1 N–H and O–H groups in total. The summed E-state index contributed by atoms with van der Waals surface area (Å²) in [5, 5.41) is 7.75. The van der Waals surface area contributed by atoms with Gasteiger partial charge in [-0.05, 0) is 39.5 Å². The van der Waals surface area contributed by atoms with Gasteiger partial charge in [-0.25, -0.2) is 0 Å². The van der Waals surface area contributed by atoms with E-state index >= 15 is 0 Å². The van der Waals surface area contributed by atoms with Crippen molar-refractivity contribution in [3.8, 4) is 0 Å². The highest BCUT2D eigenvalue weighted by Crippen LogP contribution is 2.40. The fraction of sp³-hybridized carbons (Fsp3) is 0.786. The van der Waals surface area contributed by atoms with Gasteiger partial charge in [-0.2, -0.15) is 0 Å². The van der Waals surface area contributed by atoms with E-state index in [1.165, 1.54) is 18.4 Å². The highest BCUT2D eigenvalue weighted by Gasteiger charge is 2.29. The SMILES string of the molecule is CC1CCC(C)c2c(CNC(C)(C)C)noc21. The van der Waals surface area contributed by atoms with Crippen molar-refractivity contribution in [1.82, 2.24) is 10.5 Å². The van der Waals surface area contributed by atoms with Crippen LogP contribution in [0.25, 0.3) is 0 Å². The lowest BCUT2D eigenvalue weighted by Crippen LogP contribution is -2.35. The Balaban J connectivity index is 2.19. The van der Waals surface area contributed by atoms with Crippen molar-refractivity contribution in [2.24, 2.45) is 0 Å². The van der Waals surface area contributed by atoms with Gasteiger partial charge in [0, 0.05) is 23.6 Å². The summed E-state index contributed by atoms with van der Waals surface area (Å²) >= 11 is 0. The lowest BCUT2D eigenvalue weighted by Gasteiger charge is -2.24. The second-order valence-corrected chi connectivity index (χ2v) is 6.39. The molecule has 1 aliphatic rings. The van der Waals surface area contributed by atoms with Gasteiger partial charge >= 0.3 is 0 Å². The number of nitrogens with zero attached hydrogens (tertiary/aromatic N) is 1. The van der Waals surface area contributed by atoms with E-state index in [0.717, 1.165) is 18.0 Å². The topological polar surface area (TPSA) is 38.1 Å². The molecule has 0 amide bonds. The summed E-state index contributed by atoms with van der Waals surface area (Å²) in [4.78, 5) is 0. The lowest BCUT2D eigenvalue weighted by molar-refractivity contribution is 0.336. The minimum absolute atomic E-state index is 0.120. The predicted octanol–water partition coefficient (Wildman–Crippen LogP) is 3.56. The zero-order valence-electron chi connectivity index (χ0n) is 11.6. The summed E-state index contributed by atoms with van der Waals surface area (Å²) in [5.41, 5.74) is 2.59. The van der Waals surface area contributed by atoms with Gasteiger partial charge < -0.3 is 9.84 Å². The Morgan fingerprint density at radius 3 is 2.53 bits per heavy atom. The molecule has 17 heavy (non-hydrogen) atoms. The molecule has 2 unspecified atom stereocenters. The Kier molecular flexibility index (Phi) is 3.30. The van der Waals surface area contributed by atoms with Gasteiger partial charge in [0.15, 0.2) is 0 Å². The number of hydrogen-bond acceptors (Lipinski definition) is 3. The van der Waals surface area contributed by atoms with Crippen LogP contribution in [0.1, 0.15) is 76.3 Å². The molecule has 3 nitrogen and oxygen atoms in total. The van der Waals surface area contributed by atoms with Crippen LogP contribution in [0.5, 0.6) is 0 Å². The van der Waals surface area contributed by atoms with Gasteiger partial charge in [-0.15, -0.1) is 0 Å². The maximum absolute atomic E-state index is 5.54. The fourth-order valence-electron chi connectivity index (χ4n) is 2.48. The van der Waals surface area contributed by atoms with Crippen molar-refractivity contribution >= 4 is 0 Å². The lowest BCUT2D eigenvalue weighted by atomic mass is 9.81. The number of hydrogen-bond donors (Lipinski definition) is 1. The van der Waals surface area contributed by atoms with Gasteiger partial charge in [0.1, 0.15) is 11.5 Å². The molecule has 3 heteroatoms. The van der Waals surface area contributed by atoms with Crippen LogP contribution < -0.4 is 5.32 Å². The van der Waals surface area contributed by atoms with Crippen molar-refractivity contribution in [3.05, 3.63) is 17.0 Å². The second kappa shape index (κ2) is 4.45. The van der Waals surface area contributed by atoms with Crippen LogP contribution in [-0.4, -0.2) is 10.7 Å². The maximum atomic E-state index is 5.54. The quantitative estimate of drug-likeness (QED) is 0.853. The molecule has 0 aliphatic heterocycles. The molecule has 1 aromatic heterocycles. The molecule has 96 valence electrons. The number of nitrogens with one attached hydrogen (secondary N) is 1. The van der Waals surface area contributed by atoms with Crippen molar-refractivity contribution in [2.45, 2.75) is 71.4 Å². The monoisotopic (exact) mass is 236 g/mol. The van der Waals surface area contributed by atoms with Crippen molar-refractivity contribution in [3.63, 3.8) is 0 Å². The van der Waals surface area contributed by atoms with E-state index in [1.807, 2.05) is 0 Å². The highest BCUT2D eigenvalue weighted by molar-refractivity contribution is 5.31. The fourth-order valence-corrected chi connectivity index (χ4v) is 2.48. The van der Waals surface area contributed by atoms with Crippen molar-refractivity contribution in [1.29, 1.82) is 0 Å². The third-order valence-corrected chi connectivity index (χ3v) is 3.59. The number of rotatable bonds is 2. The number of fused-ring (bicyclic) bond motifs is 1. The van der Waals surface area contributed by atoms with Crippen LogP contribution in [-0.2, 0) is 6.54 Å². The third kappa shape index (κ3) is 2.71. The summed E-state index contributed by atoms with van der Waals surface area (Å²) in [6, 6.07) is 0. The molecule has 0 saturated heterocycles. The van der Waals surface area contributed by atoms with Gasteiger partial charge in [0.05, 0.1) is 0 Å². The summed E-state index contributed by atoms with van der Waals surface area (Å²) in [6.45, 7) is 11.8. The third-order valence-electron chi connectivity index (χ3n) is 3.59. The average Bonchev–Trinajstić information content (AvgIpc) is 2.64. The molecular weight excluding hydrogens is 212 g/mol. The zero-order valence-corrected chi connectivity index (χ0v) is 11.6. The predicted molar refractivity (Wildman–Crippen MR) is 69.2 cm³/mol. The minimum Gasteiger partial charge on any atom is -0.361 e. The van der Waals surface area contributed by atoms with E-state index < -0.39 is 0 Å². The highest BCUT2D eigenvalue weighted by atomic mass is 16.5. The Labute approximate surface area is 104 Å². The van der Waals surface area contributed by atoms with Crippen molar-refractivity contribution < 1.29 is 4.52 Å². The van der Waals surface area contributed by atoms with E-state index in [2.05, 4.69) is 45.1 Å². The van der Waals surface area contributed by atoms with E-state index in [-0.39, 0.29) is 5.54 Å². The molecule has 2 rings (SSSR count). The summed E-state index contributed by atoms with van der Waals surface area (Å²) in [7, 11) is 0. The minimum atomic E-state index is 0.120. The molecular formula is C14H24N2O. The van der Waals surface area contributed by atoms with Crippen LogP contribution in [0, 0.1) is 0 Å². The van der Waals surface area contributed by atoms with E-state index in [9.17, 15) is 0 Å². The van der Waals surface area contributed by atoms with Gasteiger partial charge in [0.2, 0.25) is 0 Å². The molecule has 2 atom stereocenters. The zero-order chi connectivity index (χ0) is 12.6. The standard InChI is InChI=1S/C14H24N2O/c1-9-6-7-10(2)13-12(9)11(16-17-13)8-15-14(3,4)5/h9-10,15H,6-8H2,1-5H3. The maximum Gasteiger partial charge on any atom is 0.143 e. The van der Waals surface area contributed by atoms with E-state index in [1.54, 1.807) is 0 Å². The summed E-state index contributed by atoms with van der Waals surface area (Å²) in [6.07, 6.45) is 2.47. The first kappa shape index (κ1) is 12.6. The second-order valence-electron chi connectivity index (χ2n) is 6.39. The smallest absolute Gasteiger partial charge is 0.143 e. The molecule has 0 spiro atoms. The molecule has 0 aromatic carbocycles. The molecule has 0 bridgehead atoms. The summed E-state index contributed by atoms with van der Waals surface area (Å²) in [5.74, 6) is 2.23. The first-order valence-electron chi connectivity index (χ1n) is 6.62. The Hall–Kier alpha value is -0.830. The summed E-state index contributed by atoms with van der Waals surface area (Å²) < 4.78 is 5.54. The molecule has 0 radical (unpaired) electrons. The van der Waals surface area contributed by atoms with E-state index in [0.29, 0.717) is 11.8 Å². The van der Waals surface area contributed by atoms with Crippen LogP contribution in [0.2, 0.25) is 0 Å². The van der Waals surface area contributed by atoms with Gasteiger partial charge in [0.25, 0.3) is 0 Å². The first-order chi connectivity index (χ1) is 7.88. The Morgan fingerprint density at radius 1 is 1.24 bits per heavy atom. The Bertz CT molecular complexity index is 389.